The van der Waals surface area contributed by atoms with E-state index in [-0.39, 0.29) is 5.92 Å². The Morgan fingerprint density at radius 3 is 1.88 bits per heavy atom. The Labute approximate surface area is 144 Å². The average molecular weight is 346 g/mol. The van der Waals surface area contributed by atoms with E-state index in [1.807, 2.05) is 0 Å². The second-order valence-corrected chi connectivity index (χ2v) is 6.82. The molecule has 0 aliphatic carbocycles. The minimum Gasteiger partial charge on any atom is -0.272 e. The van der Waals surface area contributed by atoms with Gasteiger partial charge in [0.05, 0.1) is 0 Å². The van der Waals surface area contributed by atoms with Gasteiger partial charge >= 0.3 is 6.18 Å². The Hall–Kier alpha value is -1.00. The Morgan fingerprint density at radius 2 is 1.42 bits per heavy atom. The fourth-order valence-electron chi connectivity index (χ4n) is 3.25. The summed E-state index contributed by atoms with van der Waals surface area (Å²) in [7, 11) is 1.64. The van der Waals surface area contributed by atoms with Gasteiger partial charge in [-0.15, -0.1) is 0 Å². The van der Waals surface area contributed by atoms with Crippen molar-refractivity contribution in [2.45, 2.75) is 96.6 Å². The summed E-state index contributed by atoms with van der Waals surface area (Å²) in [6, 6.07) is 1.26. The molecule has 0 spiro atoms. The van der Waals surface area contributed by atoms with Crippen LogP contribution in [0.25, 0.3) is 0 Å². The molecule has 0 saturated heterocycles. The lowest BCUT2D eigenvalue weighted by atomic mass is 9.91. The maximum absolute atomic E-state index is 12.9. The largest absolute Gasteiger partial charge is 0.435 e. The van der Waals surface area contributed by atoms with Gasteiger partial charge in [-0.25, -0.2) is 0 Å². The third-order valence-electron chi connectivity index (χ3n) is 4.69. The molecule has 24 heavy (non-hydrogen) atoms. The zero-order valence-electron chi connectivity index (χ0n) is 15.5. The second-order valence-electron chi connectivity index (χ2n) is 6.82. The maximum atomic E-state index is 12.9. The number of unbranched alkanes of at least 4 members (excludes halogenated alkanes) is 7. The van der Waals surface area contributed by atoms with Gasteiger partial charge in [0, 0.05) is 18.7 Å². The van der Waals surface area contributed by atoms with Gasteiger partial charge in [-0.1, -0.05) is 71.6 Å². The molecule has 0 bridgehead atoms. The maximum Gasteiger partial charge on any atom is 0.435 e. The first kappa shape index (κ1) is 21.0. The number of alkyl halides is 3. The van der Waals surface area contributed by atoms with Crippen LogP contribution in [0.1, 0.15) is 102 Å². The lowest BCUT2D eigenvalue weighted by molar-refractivity contribution is -0.141. The van der Waals surface area contributed by atoms with Crippen LogP contribution >= 0.6 is 0 Å². The van der Waals surface area contributed by atoms with E-state index in [2.05, 4.69) is 18.9 Å². The smallest absolute Gasteiger partial charge is 0.272 e. The van der Waals surface area contributed by atoms with Gasteiger partial charge in [-0.2, -0.15) is 18.3 Å². The topological polar surface area (TPSA) is 17.8 Å². The quantitative estimate of drug-likeness (QED) is 0.378. The zero-order chi connectivity index (χ0) is 18.0. The van der Waals surface area contributed by atoms with Crippen LogP contribution in [0.4, 0.5) is 13.2 Å². The summed E-state index contributed by atoms with van der Waals surface area (Å²) in [5.74, 6) is 0.192. The first-order valence-corrected chi connectivity index (χ1v) is 9.51. The van der Waals surface area contributed by atoms with E-state index in [0.717, 1.165) is 37.8 Å². The number of aromatic nitrogens is 2. The second kappa shape index (κ2) is 10.8. The molecule has 5 heteroatoms. The summed E-state index contributed by atoms with van der Waals surface area (Å²) < 4.78 is 40.2. The monoisotopic (exact) mass is 346 g/mol. The van der Waals surface area contributed by atoms with E-state index >= 15 is 0 Å². The van der Waals surface area contributed by atoms with Crippen LogP contribution in [0.2, 0.25) is 0 Å². The van der Waals surface area contributed by atoms with Crippen molar-refractivity contribution in [3.8, 4) is 0 Å². The van der Waals surface area contributed by atoms with Crippen LogP contribution in [0.3, 0.4) is 0 Å². The molecular weight excluding hydrogens is 313 g/mol. The van der Waals surface area contributed by atoms with E-state index in [1.165, 1.54) is 49.3 Å². The lowest BCUT2D eigenvalue weighted by Gasteiger charge is -2.17. The zero-order valence-corrected chi connectivity index (χ0v) is 15.5. The molecule has 1 unspecified atom stereocenters. The molecule has 1 aromatic heterocycles. The van der Waals surface area contributed by atoms with E-state index in [9.17, 15) is 13.2 Å². The number of rotatable bonds is 12. The van der Waals surface area contributed by atoms with Gasteiger partial charge in [0.25, 0.3) is 0 Å². The fraction of sp³-hybridized carbons (Fsp3) is 0.842. The number of hydrogen-bond donors (Lipinski definition) is 0. The van der Waals surface area contributed by atoms with Crippen molar-refractivity contribution in [2.24, 2.45) is 7.05 Å². The van der Waals surface area contributed by atoms with Gasteiger partial charge in [-0.05, 0) is 18.9 Å². The molecule has 1 heterocycles. The predicted octanol–water partition coefficient (Wildman–Crippen LogP) is 6.85. The summed E-state index contributed by atoms with van der Waals surface area (Å²) >= 11 is 0. The number of aryl methyl sites for hydroxylation is 1. The molecule has 140 valence electrons. The Balaban J connectivity index is 2.70. The molecular formula is C19H33F3N2. The van der Waals surface area contributed by atoms with Crippen LogP contribution in [-0.4, -0.2) is 9.78 Å². The van der Waals surface area contributed by atoms with Crippen molar-refractivity contribution in [1.29, 1.82) is 0 Å². The summed E-state index contributed by atoms with van der Waals surface area (Å²) in [5, 5.41) is 3.70. The number of hydrogen-bond acceptors (Lipinski definition) is 1. The highest BCUT2D eigenvalue weighted by molar-refractivity contribution is 5.17. The molecule has 0 aliphatic rings. The summed E-state index contributed by atoms with van der Waals surface area (Å²) in [6.07, 6.45) is 8.11. The molecule has 2 nitrogen and oxygen atoms in total. The molecule has 0 N–H and O–H groups in total. The van der Waals surface area contributed by atoms with E-state index in [1.54, 1.807) is 7.05 Å². The van der Waals surface area contributed by atoms with Crippen molar-refractivity contribution >= 4 is 0 Å². The van der Waals surface area contributed by atoms with Crippen molar-refractivity contribution in [2.75, 3.05) is 0 Å². The fourth-order valence-corrected chi connectivity index (χ4v) is 3.25. The van der Waals surface area contributed by atoms with Crippen molar-refractivity contribution in [3.05, 3.63) is 17.5 Å². The standard InChI is InChI=1S/C19H33F3N2/c1-4-6-8-10-12-14-16(13-11-9-7-5-2)17-15-18(19(20,21)22)23-24(17)3/h15-16H,4-14H2,1-3H3. The minimum atomic E-state index is -4.36. The normalized spacial score (nSPS) is 13.4. The number of halogens is 3. The van der Waals surface area contributed by atoms with Gasteiger partial charge in [0.15, 0.2) is 5.69 Å². The van der Waals surface area contributed by atoms with Gasteiger partial charge in [0.2, 0.25) is 0 Å². The van der Waals surface area contributed by atoms with Gasteiger partial charge < -0.3 is 0 Å². The van der Waals surface area contributed by atoms with E-state index < -0.39 is 11.9 Å². The lowest BCUT2D eigenvalue weighted by Crippen LogP contribution is -2.07. The van der Waals surface area contributed by atoms with Crippen LogP contribution < -0.4 is 0 Å². The molecule has 0 radical (unpaired) electrons. The van der Waals surface area contributed by atoms with Crippen LogP contribution in [0.5, 0.6) is 0 Å². The summed E-state index contributed by atoms with van der Waals surface area (Å²) in [6.45, 7) is 4.35. The first-order chi connectivity index (χ1) is 11.4. The summed E-state index contributed by atoms with van der Waals surface area (Å²) in [4.78, 5) is 0. The van der Waals surface area contributed by atoms with Crippen molar-refractivity contribution in [3.63, 3.8) is 0 Å². The third kappa shape index (κ3) is 7.27. The highest BCUT2D eigenvalue weighted by Crippen LogP contribution is 2.34. The molecule has 1 rings (SSSR count). The van der Waals surface area contributed by atoms with Crippen LogP contribution in [0, 0.1) is 0 Å². The Morgan fingerprint density at radius 1 is 0.917 bits per heavy atom. The van der Waals surface area contributed by atoms with Gasteiger partial charge in [0.1, 0.15) is 0 Å². The Kier molecular flexibility index (Phi) is 9.45. The molecule has 0 saturated carbocycles. The number of nitrogens with zero attached hydrogens (tertiary/aromatic N) is 2. The molecule has 0 aromatic carbocycles. The predicted molar refractivity (Wildman–Crippen MR) is 93.1 cm³/mol. The summed E-state index contributed by atoms with van der Waals surface area (Å²) in [5.41, 5.74) is -0.0149. The molecule has 1 atom stereocenters. The van der Waals surface area contributed by atoms with Crippen LogP contribution in [0.15, 0.2) is 6.07 Å². The average Bonchev–Trinajstić information content (AvgIpc) is 2.91. The van der Waals surface area contributed by atoms with Crippen molar-refractivity contribution in [1.82, 2.24) is 9.78 Å². The molecule has 0 amide bonds. The molecule has 1 aromatic rings. The molecule has 0 aliphatic heterocycles. The van der Waals surface area contributed by atoms with Gasteiger partial charge in [-0.3, -0.25) is 4.68 Å². The SMILES string of the molecule is CCCCCCCC(CCCCCC)c1cc(C(F)(F)F)nn1C. The minimum absolute atomic E-state index is 0.192. The van der Waals surface area contributed by atoms with Crippen molar-refractivity contribution < 1.29 is 13.2 Å². The highest BCUT2D eigenvalue weighted by atomic mass is 19.4. The first-order valence-electron chi connectivity index (χ1n) is 9.51. The van der Waals surface area contributed by atoms with Crippen LogP contribution in [-0.2, 0) is 13.2 Å². The van der Waals surface area contributed by atoms with E-state index in [0.29, 0.717) is 0 Å². The van der Waals surface area contributed by atoms with E-state index in [4.69, 9.17) is 0 Å². The molecule has 0 fully saturated rings. The highest BCUT2D eigenvalue weighted by Gasteiger charge is 2.35. The Bertz CT molecular complexity index is 452. The third-order valence-corrected chi connectivity index (χ3v) is 4.69.